The van der Waals surface area contributed by atoms with Crippen molar-refractivity contribution in [3.63, 3.8) is 0 Å². The second-order valence-electron chi connectivity index (χ2n) is 8.21. The van der Waals surface area contributed by atoms with E-state index in [1.54, 1.807) is 11.3 Å². The van der Waals surface area contributed by atoms with Gasteiger partial charge < -0.3 is 20.9 Å². The molecule has 2 aromatic heterocycles. The fraction of sp³-hybridized carbons (Fsp3) is 0.458. The van der Waals surface area contributed by atoms with Gasteiger partial charge in [-0.15, -0.1) is 21.5 Å². The maximum absolute atomic E-state index is 12.4. The number of benzene rings is 1. The number of hydrogen-bond donors (Lipinski definition) is 3. The van der Waals surface area contributed by atoms with Crippen LogP contribution in [0.4, 0.5) is 0 Å². The van der Waals surface area contributed by atoms with Crippen LogP contribution in [0.25, 0.3) is 5.00 Å². The van der Waals surface area contributed by atoms with Gasteiger partial charge in [0.2, 0.25) is 5.91 Å². The zero-order valence-electron chi connectivity index (χ0n) is 20.0. The fourth-order valence-electron chi connectivity index (χ4n) is 3.88. The quantitative estimate of drug-likeness (QED) is 0.343. The normalized spacial score (nSPS) is 13.1. The number of aryl methyl sites for hydroxylation is 2. The first-order chi connectivity index (χ1) is 16.2. The Kier molecular flexibility index (Phi) is 9.21. The summed E-state index contributed by atoms with van der Waals surface area (Å²) in [4.78, 5) is 13.6. The molecule has 3 rings (SSSR count). The molecule has 0 radical (unpaired) electrons. The molecule has 0 fully saturated rings. The molecule has 10 heteroatoms. The van der Waals surface area contributed by atoms with Gasteiger partial charge in [0.1, 0.15) is 10.8 Å². The Hall–Kier alpha value is -2.30. The topological polar surface area (TPSA) is 115 Å². The molecule has 0 aliphatic rings. The van der Waals surface area contributed by atoms with Crippen LogP contribution in [0.2, 0.25) is 5.02 Å². The summed E-state index contributed by atoms with van der Waals surface area (Å²) in [5.74, 6) is 1.19. The van der Waals surface area contributed by atoms with Crippen molar-refractivity contribution in [1.82, 2.24) is 20.1 Å². The van der Waals surface area contributed by atoms with Gasteiger partial charge in [-0.2, -0.15) is 0 Å². The third-order valence-corrected chi connectivity index (χ3v) is 7.27. The summed E-state index contributed by atoms with van der Waals surface area (Å²) in [7, 11) is 0. The molecule has 4 N–H and O–H groups in total. The van der Waals surface area contributed by atoms with Gasteiger partial charge in [0.15, 0.2) is 5.82 Å². The van der Waals surface area contributed by atoms with Crippen LogP contribution in [-0.2, 0) is 9.53 Å². The van der Waals surface area contributed by atoms with E-state index in [1.807, 2.05) is 35.8 Å². The number of carbonyl (C=O) groups excluding carboxylic acids is 1. The predicted octanol–water partition coefficient (Wildman–Crippen LogP) is 3.57. The van der Waals surface area contributed by atoms with E-state index in [9.17, 15) is 4.79 Å². The molecule has 0 saturated heterocycles. The van der Waals surface area contributed by atoms with Crippen molar-refractivity contribution in [2.75, 3.05) is 26.4 Å². The highest BCUT2D eigenvalue weighted by atomic mass is 35.5. The fourth-order valence-corrected chi connectivity index (χ4v) is 5.32. The Balaban J connectivity index is 1.86. The van der Waals surface area contributed by atoms with Crippen molar-refractivity contribution in [3.05, 3.63) is 62.5 Å². The van der Waals surface area contributed by atoms with E-state index in [4.69, 9.17) is 27.2 Å². The number of hydrogen-bond acceptors (Lipinski definition) is 7. The molecule has 34 heavy (non-hydrogen) atoms. The van der Waals surface area contributed by atoms with E-state index in [0.717, 1.165) is 10.6 Å². The lowest BCUT2D eigenvalue weighted by molar-refractivity contribution is -0.121. The van der Waals surface area contributed by atoms with Gasteiger partial charge in [-0.3, -0.25) is 9.36 Å². The molecule has 1 unspecified atom stereocenters. The highest BCUT2D eigenvalue weighted by molar-refractivity contribution is 7.14. The summed E-state index contributed by atoms with van der Waals surface area (Å²) in [6.07, 6.45) is 0.0730. The molecule has 3 aromatic rings. The molecule has 2 atom stereocenters. The number of nitrogens with two attached hydrogens (primary N) is 1. The van der Waals surface area contributed by atoms with E-state index >= 15 is 0 Å². The van der Waals surface area contributed by atoms with Crippen molar-refractivity contribution >= 4 is 28.8 Å². The van der Waals surface area contributed by atoms with E-state index in [-0.39, 0.29) is 31.5 Å². The van der Waals surface area contributed by atoms with Crippen molar-refractivity contribution < 1.29 is 14.6 Å². The standard InChI is InChI=1S/C24H32ClN5O3S/c1-14-16(3)34-24(22(14)15(2)18-5-7-19(25)8-6-18)30-17(4)28-29-23(30)20(26)13-21(32)27-9-11-33-12-10-31/h5-8,15,20,31H,9-13,26H2,1-4H3,(H,27,32)/t15?,20-/m0/s1. The minimum absolute atomic E-state index is 0.0475. The Morgan fingerprint density at radius 2 is 1.94 bits per heavy atom. The third kappa shape index (κ3) is 6.03. The lowest BCUT2D eigenvalue weighted by Crippen LogP contribution is -2.31. The molecule has 2 heterocycles. The number of rotatable bonds is 11. The number of carbonyl (C=O) groups is 1. The number of thiophene rings is 1. The largest absolute Gasteiger partial charge is 0.394 e. The highest BCUT2D eigenvalue weighted by Gasteiger charge is 2.27. The molecule has 0 bridgehead atoms. The number of aliphatic hydroxyl groups excluding tert-OH is 1. The number of amides is 1. The number of aromatic nitrogens is 3. The summed E-state index contributed by atoms with van der Waals surface area (Å²) in [6, 6.07) is 7.27. The molecular weight excluding hydrogens is 474 g/mol. The van der Waals surface area contributed by atoms with Crippen molar-refractivity contribution in [3.8, 4) is 5.00 Å². The van der Waals surface area contributed by atoms with Crippen molar-refractivity contribution in [2.24, 2.45) is 5.73 Å². The van der Waals surface area contributed by atoms with Crippen LogP contribution < -0.4 is 11.1 Å². The number of ether oxygens (including phenoxy) is 1. The first-order valence-corrected chi connectivity index (χ1v) is 12.4. The van der Waals surface area contributed by atoms with Crippen LogP contribution in [0.5, 0.6) is 0 Å². The van der Waals surface area contributed by atoms with Crippen LogP contribution in [0, 0.1) is 20.8 Å². The molecule has 0 spiro atoms. The number of aliphatic hydroxyl groups is 1. The van der Waals surface area contributed by atoms with Crippen LogP contribution in [-0.4, -0.2) is 52.1 Å². The van der Waals surface area contributed by atoms with Crippen molar-refractivity contribution in [1.29, 1.82) is 0 Å². The smallest absolute Gasteiger partial charge is 0.222 e. The number of nitrogens with one attached hydrogen (secondary N) is 1. The number of halogens is 1. The molecule has 0 saturated carbocycles. The van der Waals surface area contributed by atoms with Crippen molar-refractivity contribution in [2.45, 2.75) is 46.1 Å². The first-order valence-electron chi connectivity index (χ1n) is 11.2. The van der Waals surface area contributed by atoms with Crippen LogP contribution in [0.15, 0.2) is 24.3 Å². The Bertz CT molecular complexity index is 1110. The van der Waals surface area contributed by atoms with Gasteiger partial charge >= 0.3 is 0 Å². The monoisotopic (exact) mass is 505 g/mol. The first kappa shape index (κ1) is 26.3. The summed E-state index contributed by atoms with van der Waals surface area (Å²) in [5, 5.41) is 21.9. The van der Waals surface area contributed by atoms with Crippen LogP contribution in [0.1, 0.15) is 58.5 Å². The maximum Gasteiger partial charge on any atom is 0.222 e. The minimum Gasteiger partial charge on any atom is -0.394 e. The van der Waals surface area contributed by atoms with Gasteiger partial charge in [-0.1, -0.05) is 30.7 Å². The molecule has 8 nitrogen and oxygen atoms in total. The maximum atomic E-state index is 12.4. The molecule has 0 aliphatic heterocycles. The average molecular weight is 506 g/mol. The summed E-state index contributed by atoms with van der Waals surface area (Å²) < 4.78 is 7.15. The van der Waals surface area contributed by atoms with Gasteiger partial charge in [0.05, 0.1) is 25.9 Å². The average Bonchev–Trinajstić information content (AvgIpc) is 3.32. The minimum atomic E-state index is -0.624. The van der Waals surface area contributed by atoms with Gasteiger partial charge in [-0.25, -0.2) is 0 Å². The van der Waals surface area contributed by atoms with Crippen LogP contribution in [0.3, 0.4) is 0 Å². The highest BCUT2D eigenvalue weighted by Crippen LogP contribution is 2.40. The Morgan fingerprint density at radius 3 is 2.62 bits per heavy atom. The second-order valence-corrected chi connectivity index (χ2v) is 9.85. The molecule has 1 aromatic carbocycles. The summed E-state index contributed by atoms with van der Waals surface area (Å²) in [6.45, 7) is 9.17. The number of nitrogens with zero attached hydrogens (tertiary/aromatic N) is 3. The molecule has 184 valence electrons. The van der Waals surface area contributed by atoms with E-state index in [0.29, 0.717) is 29.8 Å². The van der Waals surface area contributed by atoms with Gasteiger partial charge in [-0.05, 0) is 49.6 Å². The van der Waals surface area contributed by atoms with Crippen LogP contribution >= 0.6 is 22.9 Å². The summed E-state index contributed by atoms with van der Waals surface area (Å²) in [5.41, 5.74) is 10.0. The SMILES string of the molecule is Cc1sc(-n2c(C)nnc2[C@@H](N)CC(=O)NCCOCCO)c(C(C)c2ccc(Cl)cc2)c1C. The lowest BCUT2D eigenvalue weighted by Gasteiger charge is -2.19. The third-order valence-electron chi connectivity index (χ3n) is 5.81. The Morgan fingerprint density at radius 1 is 1.24 bits per heavy atom. The van der Waals surface area contributed by atoms with E-state index in [1.165, 1.54) is 16.0 Å². The zero-order valence-corrected chi connectivity index (χ0v) is 21.5. The molecule has 1 amide bonds. The lowest BCUT2D eigenvalue weighted by atomic mass is 9.91. The van der Waals surface area contributed by atoms with Gasteiger partial charge in [0, 0.05) is 28.8 Å². The predicted molar refractivity (Wildman–Crippen MR) is 135 cm³/mol. The zero-order chi connectivity index (χ0) is 24.8. The second kappa shape index (κ2) is 11.9. The Labute approximate surface area is 209 Å². The molecule has 0 aliphatic carbocycles. The van der Waals surface area contributed by atoms with E-state index in [2.05, 4.69) is 36.3 Å². The molecular formula is C24H32ClN5O3S. The van der Waals surface area contributed by atoms with Gasteiger partial charge in [0.25, 0.3) is 0 Å². The van der Waals surface area contributed by atoms with E-state index < -0.39 is 6.04 Å². The summed E-state index contributed by atoms with van der Waals surface area (Å²) >= 11 is 7.77.